The van der Waals surface area contributed by atoms with E-state index in [1.54, 1.807) is 24.4 Å². The maximum Gasteiger partial charge on any atom is 0.142 e. The average molecular weight is 475 g/mol. The topological polar surface area (TPSA) is 99.1 Å². The molecule has 3 heterocycles. The Labute approximate surface area is 199 Å². The van der Waals surface area contributed by atoms with Crippen LogP contribution in [0.3, 0.4) is 0 Å². The average Bonchev–Trinajstić information content (AvgIpc) is 2.84. The molecule has 3 N–H and O–H groups in total. The van der Waals surface area contributed by atoms with Crippen LogP contribution in [0.15, 0.2) is 48.7 Å². The molecule has 1 aliphatic rings. The number of halogens is 3. The molecule has 0 saturated carbocycles. The number of nitrogens with zero attached hydrogens (tertiary/aromatic N) is 4. The van der Waals surface area contributed by atoms with E-state index in [4.69, 9.17) is 5.73 Å². The van der Waals surface area contributed by atoms with Gasteiger partial charge in [0.1, 0.15) is 34.8 Å². The van der Waals surface area contributed by atoms with Gasteiger partial charge in [-0.15, -0.1) is 0 Å². The smallest absolute Gasteiger partial charge is 0.142 e. The Kier molecular flexibility index (Phi) is 5.75. The summed E-state index contributed by atoms with van der Waals surface area (Å²) in [6.45, 7) is 1.20. The van der Waals surface area contributed by atoms with Crippen LogP contribution >= 0.6 is 0 Å². The van der Waals surface area contributed by atoms with Crippen molar-refractivity contribution in [3.63, 3.8) is 0 Å². The summed E-state index contributed by atoms with van der Waals surface area (Å²) in [6.07, 6.45) is 2.99. The molecule has 9 heteroatoms. The van der Waals surface area contributed by atoms with Crippen molar-refractivity contribution < 1.29 is 18.3 Å². The maximum atomic E-state index is 14.2. The molecule has 2 aromatic carbocycles. The van der Waals surface area contributed by atoms with Crippen LogP contribution in [-0.4, -0.2) is 34.2 Å². The summed E-state index contributed by atoms with van der Waals surface area (Å²) in [5.74, 6) is -2.52. The number of aromatic hydroxyl groups is 1. The zero-order valence-electron chi connectivity index (χ0n) is 18.5. The van der Waals surface area contributed by atoms with Crippen molar-refractivity contribution in [1.82, 2.24) is 9.97 Å². The van der Waals surface area contributed by atoms with E-state index in [1.807, 2.05) is 0 Å². The molecule has 0 spiro atoms. The number of fused-ring (bicyclic) bond motifs is 1. The molecular formula is C26H20F3N5O. The van der Waals surface area contributed by atoms with Crippen LogP contribution in [0.5, 0.6) is 5.75 Å². The Morgan fingerprint density at radius 1 is 0.971 bits per heavy atom. The summed E-state index contributed by atoms with van der Waals surface area (Å²) in [7, 11) is 0. The highest BCUT2D eigenvalue weighted by Crippen LogP contribution is 2.39. The van der Waals surface area contributed by atoms with Crippen LogP contribution in [0.1, 0.15) is 18.4 Å². The molecule has 5 rings (SSSR count). The predicted molar refractivity (Wildman–Crippen MR) is 126 cm³/mol. The fraction of sp³-hybridized carbons (Fsp3) is 0.192. The number of phenols is 1. The van der Waals surface area contributed by atoms with Crippen LogP contribution in [0.2, 0.25) is 0 Å². The van der Waals surface area contributed by atoms with Crippen LogP contribution < -0.4 is 10.6 Å². The molecule has 4 aromatic rings. The number of nitriles is 1. The summed E-state index contributed by atoms with van der Waals surface area (Å²) in [4.78, 5) is 11.2. The molecule has 176 valence electrons. The molecule has 0 atom stereocenters. The predicted octanol–water partition coefficient (Wildman–Crippen LogP) is 4.89. The van der Waals surface area contributed by atoms with E-state index in [1.165, 1.54) is 12.1 Å². The van der Waals surface area contributed by atoms with E-state index in [2.05, 4.69) is 14.9 Å². The quantitative estimate of drug-likeness (QED) is 0.438. The first-order valence-corrected chi connectivity index (χ1v) is 11.0. The van der Waals surface area contributed by atoms with Gasteiger partial charge in [-0.1, -0.05) is 0 Å². The van der Waals surface area contributed by atoms with Crippen molar-refractivity contribution in [2.24, 2.45) is 5.73 Å². The number of phenolic OH excluding ortho intramolecular Hbond substituents is 1. The van der Waals surface area contributed by atoms with Crippen molar-refractivity contribution in [2.45, 2.75) is 18.9 Å². The monoisotopic (exact) mass is 475 g/mol. The Balaban J connectivity index is 1.77. The number of hydrogen-bond acceptors (Lipinski definition) is 6. The third-order valence-electron chi connectivity index (χ3n) is 6.19. The zero-order chi connectivity index (χ0) is 24.7. The van der Waals surface area contributed by atoms with Gasteiger partial charge < -0.3 is 15.7 Å². The van der Waals surface area contributed by atoms with Gasteiger partial charge in [0.2, 0.25) is 0 Å². The second-order valence-corrected chi connectivity index (χ2v) is 8.53. The van der Waals surface area contributed by atoms with Crippen molar-refractivity contribution in [3.8, 4) is 34.2 Å². The highest BCUT2D eigenvalue weighted by Gasteiger charge is 2.24. The Morgan fingerprint density at radius 2 is 1.66 bits per heavy atom. The molecule has 1 saturated heterocycles. The first kappa shape index (κ1) is 22.6. The molecule has 35 heavy (non-hydrogen) atoms. The standard InChI is InChI=1S/C26H20F3N5O/c27-16-7-14(8-17(28)10-16)21-13-32-23-2-1-22(20-11-18(29)9-15(12-30)26(20)35)33-24(23)25(21)34-5-3-19(31)4-6-34/h1-2,7-11,13,19,35H,3-6,31H2. The molecular weight excluding hydrogens is 455 g/mol. The highest BCUT2D eigenvalue weighted by atomic mass is 19.1. The number of anilines is 1. The maximum absolute atomic E-state index is 14.2. The fourth-order valence-corrected chi connectivity index (χ4v) is 4.45. The lowest BCUT2D eigenvalue weighted by molar-refractivity contribution is 0.473. The Bertz CT molecular complexity index is 1470. The van der Waals surface area contributed by atoms with Gasteiger partial charge in [-0.25, -0.2) is 18.2 Å². The largest absolute Gasteiger partial charge is 0.506 e. The zero-order valence-corrected chi connectivity index (χ0v) is 18.5. The Hall–Kier alpha value is -4.16. The van der Waals surface area contributed by atoms with E-state index >= 15 is 0 Å². The number of benzene rings is 2. The van der Waals surface area contributed by atoms with E-state index in [9.17, 15) is 23.5 Å². The van der Waals surface area contributed by atoms with E-state index in [0.29, 0.717) is 40.9 Å². The van der Waals surface area contributed by atoms with Gasteiger partial charge in [-0.2, -0.15) is 5.26 Å². The van der Waals surface area contributed by atoms with Crippen molar-refractivity contribution >= 4 is 16.7 Å². The lowest BCUT2D eigenvalue weighted by Crippen LogP contribution is -2.40. The van der Waals surface area contributed by atoms with Gasteiger partial charge in [-0.3, -0.25) is 4.98 Å². The van der Waals surface area contributed by atoms with Crippen molar-refractivity contribution in [2.75, 3.05) is 18.0 Å². The van der Waals surface area contributed by atoms with E-state index in [-0.39, 0.29) is 28.6 Å². The Morgan fingerprint density at radius 3 is 2.34 bits per heavy atom. The fourth-order valence-electron chi connectivity index (χ4n) is 4.45. The summed E-state index contributed by atoms with van der Waals surface area (Å²) in [6, 6.07) is 10.4. The number of rotatable bonds is 3. The number of hydrogen-bond donors (Lipinski definition) is 2. The molecule has 0 bridgehead atoms. The first-order valence-electron chi connectivity index (χ1n) is 11.0. The second kappa shape index (κ2) is 8.89. The minimum Gasteiger partial charge on any atom is -0.506 e. The lowest BCUT2D eigenvalue weighted by atomic mass is 9.99. The lowest BCUT2D eigenvalue weighted by Gasteiger charge is -2.34. The minimum absolute atomic E-state index is 0.0478. The first-order chi connectivity index (χ1) is 16.8. The highest BCUT2D eigenvalue weighted by molar-refractivity contribution is 5.98. The molecule has 0 unspecified atom stereocenters. The normalized spacial score (nSPS) is 14.3. The SMILES string of the molecule is N#Cc1cc(F)cc(-c2ccc3ncc(-c4cc(F)cc(F)c4)c(N4CCC(N)CC4)c3n2)c1O. The van der Waals surface area contributed by atoms with Gasteiger partial charge in [0, 0.05) is 42.5 Å². The van der Waals surface area contributed by atoms with E-state index < -0.39 is 17.5 Å². The summed E-state index contributed by atoms with van der Waals surface area (Å²) >= 11 is 0. The number of nitrogens with two attached hydrogens (primary N) is 1. The molecule has 1 fully saturated rings. The van der Waals surface area contributed by atoms with E-state index in [0.717, 1.165) is 31.0 Å². The summed E-state index contributed by atoms with van der Waals surface area (Å²) < 4.78 is 42.4. The molecule has 0 radical (unpaired) electrons. The number of aromatic nitrogens is 2. The van der Waals surface area contributed by atoms with Gasteiger partial charge in [0.15, 0.2) is 0 Å². The molecule has 0 aliphatic carbocycles. The molecule has 0 amide bonds. The van der Waals surface area contributed by atoms with Crippen molar-refractivity contribution in [3.05, 3.63) is 71.7 Å². The van der Waals surface area contributed by atoms with Crippen LogP contribution in [0.25, 0.3) is 33.4 Å². The van der Waals surface area contributed by atoms with Gasteiger partial charge in [-0.05, 0) is 54.8 Å². The molecule has 2 aromatic heterocycles. The van der Waals surface area contributed by atoms with Crippen molar-refractivity contribution in [1.29, 1.82) is 5.26 Å². The third kappa shape index (κ3) is 4.24. The number of pyridine rings is 2. The van der Waals surface area contributed by atoms with Gasteiger partial charge in [0.05, 0.1) is 22.5 Å². The molecule has 1 aliphatic heterocycles. The van der Waals surface area contributed by atoms with Crippen LogP contribution in [0.4, 0.5) is 18.9 Å². The summed E-state index contributed by atoms with van der Waals surface area (Å²) in [5.41, 5.74) is 8.49. The summed E-state index contributed by atoms with van der Waals surface area (Å²) in [5, 5.41) is 19.8. The molecule has 6 nitrogen and oxygen atoms in total. The van der Waals surface area contributed by atoms with Crippen LogP contribution in [0, 0.1) is 28.8 Å². The minimum atomic E-state index is -0.720. The third-order valence-corrected chi connectivity index (χ3v) is 6.19. The van der Waals surface area contributed by atoms with Crippen LogP contribution in [-0.2, 0) is 0 Å². The second-order valence-electron chi connectivity index (χ2n) is 8.53. The van der Waals surface area contributed by atoms with Gasteiger partial charge >= 0.3 is 0 Å². The van der Waals surface area contributed by atoms with Gasteiger partial charge in [0.25, 0.3) is 0 Å². The number of piperidine rings is 1.